The number of carbonyl (C=O) groups is 7. The molecule has 1 aromatic carbocycles. The molecule has 2 aliphatic heterocycles. The summed E-state index contributed by atoms with van der Waals surface area (Å²) in [5, 5.41) is 3.12. The highest BCUT2D eigenvalue weighted by molar-refractivity contribution is 6.77. The van der Waals surface area contributed by atoms with Gasteiger partial charge in [0, 0.05) is 39.3 Å². The van der Waals surface area contributed by atoms with E-state index in [0.29, 0.717) is 24.6 Å². The number of hydrogen-bond acceptors (Lipinski definition) is 16. The van der Waals surface area contributed by atoms with Crippen LogP contribution in [0.2, 0.25) is 34.8 Å². The molecule has 1 spiro atoms. The molecular weight excluding hydrogens is 1070 g/mol. The Hall–Kier alpha value is -4.90. The fourth-order valence-electron chi connectivity index (χ4n) is 14.7. The lowest BCUT2D eigenvalue weighted by Gasteiger charge is -2.68. The van der Waals surface area contributed by atoms with E-state index in [4.69, 9.17) is 42.0 Å². The minimum atomic E-state index is -3.06. The van der Waals surface area contributed by atoms with E-state index in [-0.39, 0.29) is 58.7 Å². The highest BCUT2D eigenvalue weighted by Gasteiger charge is 2.84. The van der Waals surface area contributed by atoms with Crippen molar-refractivity contribution in [2.45, 2.75) is 245 Å². The van der Waals surface area contributed by atoms with E-state index in [1.54, 1.807) is 64.1 Å². The number of Topliss-reactive ketones (excluding diaryl/α,β-unsaturated/α-hetero) is 1. The number of benzene rings is 1. The Morgan fingerprint density at radius 1 is 0.852 bits per heavy atom. The van der Waals surface area contributed by atoms with Gasteiger partial charge in [-0.15, -0.1) is 0 Å². The monoisotopic (exact) mass is 1170 g/mol. The zero-order valence-electron chi connectivity index (χ0n) is 51.7. The molecule has 1 aromatic rings. The number of nitrogens with zero attached hydrogens (tertiary/aromatic N) is 1. The summed E-state index contributed by atoms with van der Waals surface area (Å²) in [5.74, 6) is -5.04. The topological polar surface area (TPSA) is 218 Å². The molecule has 0 aromatic heterocycles. The predicted octanol–water partition coefficient (Wildman–Crippen LogP) is 11.1. The summed E-state index contributed by atoms with van der Waals surface area (Å²) in [6.07, 6.45) is -8.29. The van der Waals surface area contributed by atoms with E-state index in [9.17, 15) is 19.2 Å². The van der Waals surface area contributed by atoms with Gasteiger partial charge in [-0.3, -0.25) is 14.4 Å². The lowest BCUT2D eigenvalue weighted by molar-refractivity contribution is -0.344. The molecule has 12 atom stereocenters. The number of amides is 2. The van der Waals surface area contributed by atoms with Crippen molar-refractivity contribution in [3.63, 3.8) is 0 Å². The molecule has 2 bridgehead atoms. The fourth-order valence-corrected chi connectivity index (χ4v) is 23.2. The number of esters is 3. The van der Waals surface area contributed by atoms with E-state index < -0.39 is 129 Å². The molecule has 2 saturated carbocycles. The van der Waals surface area contributed by atoms with Gasteiger partial charge >= 0.3 is 30.2 Å². The van der Waals surface area contributed by atoms with Crippen LogP contribution in [0.25, 0.3) is 0 Å². The van der Waals surface area contributed by atoms with Crippen molar-refractivity contribution in [1.82, 2.24) is 10.2 Å². The fraction of sp³-hybridized carbons (Fsp3) is 0.721. The molecule has 1 N–H and O–H groups in total. The molecule has 6 rings (SSSR count). The minimum absolute atomic E-state index is 0.0418. The van der Waals surface area contributed by atoms with Crippen LogP contribution in [0.15, 0.2) is 53.1 Å². The van der Waals surface area contributed by atoms with Crippen molar-refractivity contribution >= 4 is 58.5 Å². The van der Waals surface area contributed by atoms with Crippen LogP contribution in [-0.4, -0.2) is 144 Å². The number of nitrogens with one attached hydrogen (secondary N) is 1. The van der Waals surface area contributed by atoms with Crippen molar-refractivity contribution in [2.24, 2.45) is 16.7 Å². The maximum Gasteiger partial charge on any atom is 0.509 e. The lowest BCUT2D eigenvalue weighted by Crippen LogP contribution is -2.83. The maximum atomic E-state index is 17.0. The van der Waals surface area contributed by atoms with Gasteiger partial charge in [-0.25, -0.2) is 19.2 Å². The lowest BCUT2D eigenvalue weighted by atomic mass is 9.44. The highest BCUT2D eigenvalue weighted by atomic mass is 28.4. The van der Waals surface area contributed by atoms with Gasteiger partial charge in [-0.2, -0.15) is 0 Å². The Kier molecular flexibility index (Phi) is 20.2. The van der Waals surface area contributed by atoms with Gasteiger partial charge in [-0.05, 0) is 92.2 Å². The Balaban J connectivity index is 1.75. The first-order chi connectivity index (χ1) is 37.9. The molecule has 4 fully saturated rings. The maximum absolute atomic E-state index is 17.0. The Morgan fingerprint density at radius 3 is 1.96 bits per heavy atom. The number of hydrogen-bond donors (Lipinski definition) is 1. The van der Waals surface area contributed by atoms with E-state index in [1.165, 1.54) is 25.9 Å². The summed E-state index contributed by atoms with van der Waals surface area (Å²) >= 11 is 0. The number of rotatable bonds is 23. The molecule has 20 heteroatoms. The van der Waals surface area contributed by atoms with Crippen LogP contribution in [0, 0.1) is 16.7 Å². The first-order valence-corrected chi connectivity index (χ1v) is 34.1. The van der Waals surface area contributed by atoms with Crippen molar-refractivity contribution in [3.8, 4) is 0 Å². The molecule has 81 heavy (non-hydrogen) atoms. The third-order valence-corrected chi connectivity index (χ3v) is 29.7. The van der Waals surface area contributed by atoms with E-state index in [1.807, 2.05) is 41.5 Å². The Bertz CT molecular complexity index is 2540. The second-order valence-electron chi connectivity index (χ2n) is 25.3. The molecule has 2 amide bonds. The molecule has 2 saturated heterocycles. The van der Waals surface area contributed by atoms with Gasteiger partial charge in [0.1, 0.15) is 6.10 Å². The Morgan fingerprint density at radius 2 is 1.46 bits per heavy atom. The SMILES string of the molecule is CCCCCC(=O)N[C@@H](C=C(C)C)[C@@H](O[Si](C(C)C)(C(C)C)C(C)C)C(=O)O[C@@H]1C(C)=C2[C@@H](OC(=O)N(C)C)C(=O)[C@@]3(C)C([C@H](OC(=O)c4ccccc4)[C@@]4(OC(=O)O[C@@H]14)C2(C)C)[C@]1(OC(C)=O)CO[C@@H]1C[C@@H]3O[Si](CC)(CC)CC. The smallest absolute Gasteiger partial charge is 0.454 e. The van der Waals surface area contributed by atoms with Crippen molar-refractivity contribution in [3.05, 3.63) is 58.7 Å². The number of fused-ring (bicyclic) bond motifs is 4. The standard InChI is InChI=1S/C61H94N2O16Si2/c1-20-24-26-31-45(65)62-42(32-35(5)6)48(79-81(36(7)8,37(9)10)38(11)12)55(68)72-47-39(13)46-49(73-56(69)63(18)19)51(66)59(17)43(78-80(21-2,22-3)23-4)33-44-60(34-71-44,76-40(14)64)50(59)53(74-54(67)41-29-27-25-28-30-41)61(58(46,15)16)52(47)75-57(70)77-61/h25,27-30,32,36-38,42-44,47-50,52-53H,20-24,26,31,33-34H2,1-19H3,(H,62,65)/t42-,43-,44+,47+,48+,49+,50?,52-,53-,59+,60-,61+/m0/s1. The molecule has 5 aliphatic rings. The van der Waals surface area contributed by atoms with Gasteiger partial charge in [0.05, 0.1) is 35.6 Å². The second kappa shape index (κ2) is 25.1. The van der Waals surface area contributed by atoms with E-state index in [2.05, 4.69) is 46.9 Å². The number of ether oxygens (including phenoxy) is 7. The van der Waals surface area contributed by atoms with Crippen LogP contribution in [0.1, 0.15) is 160 Å². The van der Waals surface area contributed by atoms with E-state index in [0.717, 1.165) is 18.4 Å². The second-order valence-corrected chi connectivity index (χ2v) is 35.5. The van der Waals surface area contributed by atoms with Crippen LogP contribution in [0.3, 0.4) is 0 Å². The molecule has 452 valence electrons. The number of unbranched alkanes of at least 4 members (excludes halogenated alkanes) is 2. The van der Waals surface area contributed by atoms with Crippen LogP contribution in [0.4, 0.5) is 9.59 Å². The first-order valence-electron chi connectivity index (χ1n) is 29.5. The number of allylic oxidation sites excluding steroid dienone is 1. The van der Waals surface area contributed by atoms with E-state index >= 15 is 14.4 Å². The van der Waals surface area contributed by atoms with Gasteiger partial charge in [-0.1, -0.05) is 126 Å². The summed E-state index contributed by atoms with van der Waals surface area (Å²) in [6.45, 7) is 32.0. The van der Waals surface area contributed by atoms with Crippen LogP contribution in [0.5, 0.6) is 0 Å². The normalized spacial score (nSPS) is 29.3. The summed E-state index contributed by atoms with van der Waals surface area (Å²) < 4.78 is 61.5. The molecule has 0 radical (unpaired) electrons. The van der Waals surface area contributed by atoms with Gasteiger partial charge < -0.3 is 52.2 Å². The molecule has 2 heterocycles. The van der Waals surface area contributed by atoms with Crippen molar-refractivity contribution in [1.29, 1.82) is 0 Å². The summed E-state index contributed by atoms with van der Waals surface area (Å²) in [4.78, 5) is 107. The molecule has 1 unspecified atom stereocenters. The zero-order chi connectivity index (χ0) is 60.5. The third-order valence-electron chi connectivity index (χ3n) is 18.9. The summed E-state index contributed by atoms with van der Waals surface area (Å²) in [6, 6.07) is 9.08. The Labute approximate surface area is 483 Å². The number of carbonyl (C=O) groups excluding carboxylic acids is 7. The molecule has 3 aliphatic carbocycles. The van der Waals surface area contributed by atoms with Crippen molar-refractivity contribution < 1.29 is 75.6 Å². The quantitative estimate of drug-likeness (QED) is 0.0354. The largest absolute Gasteiger partial charge is 0.509 e. The summed E-state index contributed by atoms with van der Waals surface area (Å²) in [7, 11) is -2.85. The molecular formula is C61H94N2O16Si2. The van der Waals surface area contributed by atoms with Gasteiger partial charge in [0.15, 0.2) is 50.2 Å². The van der Waals surface area contributed by atoms with Crippen LogP contribution < -0.4 is 5.32 Å². The highest BCUT2D eigenvalue weighted by Crippen LogP contribution is 2.67. The van der Waals surface area contributed by atoms with Crippen LogP contribution in [-0.2, 0) is 61.2 Å². The average molecular weight is 1170 g/mol. The minimum Gasteiger partial charge on any atom is -0.454 e. The van der Waals surface area contributed by atoms with Crippen LogP contribution >= 0.6 is 0 Å². The van der Waals surface area contributed by atoms with Gasteiger partial charge in [0.25, 0.3) is 0 Å². The third kappa shape index (κ3) is 11.6. The van der Waals surface area contributed by atoms with Crippen molar-refractivity contribution in [2.75, 3.05) is 20.7 Å². The molecule has 18 nitrogen and oxygen atoms in total. The number of ketones is 1. The summed E-state index contributed by atoms with van der Waals surface area (Å²) in [5.41, 5.74) is -6.74. The van der Waals surface area contributed by atoms with Gasteiger partial charge in [0.2, 0.25) is 19.8 Å². The predicted molar refractivity (Wildman–Crippen MR) is 309 cm³/mol. The zero-order valence-corrected chi connectivity index (χ0v) is 53.7. The first kappa shape index (κ1) is 65.3. The average Bonchev–Trinajstić information content (AvgIpc) is 3.03.